The van der Waals surface area contributed by atoms with Crippen LogP contribution in [0.1, 0.15) is 41.6 Å². The van der Waals surface area contributed by atoms with Gasteiger partial charge in [0.15, 0.2) is 0 Å². The highest BCUT2D eigenvalue weighted by molar-refractivity contribution is 5.88. The van der Waals surface area contributed by atoms with Gasteiger partial charge in [0.1, 0.15) is 5.69 Å². The van der Waals surface area contributed by atoms with Crippen molar-refractivity contribution in [1.82, 2.24) is 15.1 Å². The smallest absolute Gasteiger partial charge is 0.354 e. The number of carboxylic acids is 1. The van der Waals surface area contributed by atoms with Crippen molar-refractivity contribution in [2.75, 3.05) is 6.54 Å². The molecule has 0 atom stereocenters. The van der Waals surface area contributed by atoms with Gasteiger partial charge in [0.25, 0.3) is 0 Å². The lowest BCUT2D eigenvalue weighted by Crippen LogP contribution is -2.24. The fourth-order valence-electron chi connectivity index (χ4n) is 1.94. The molecule has 0 aromatic carbocycles. The molecule has 5 heteroatoms. The predicted molar refractivity (Wildman–Crippen MR) is 55.0 cm³/mol. The van der Waals surface area contributed by atoms with E-state index in [0.29, 0.717) is 12.2 Å². The van der Waals surface area contributed by atoms with Crippen molar-refractivity contribution in [3.63, 3.8) is 0 Å². The summed E-state index contributed by atoms with van der Waals surface area (Å²) < 4.78 is 1.61. The molecule has 5 nitrogen and oxygen atoms in total. The van der Waals surface area contributed by atoms with Gasteiger partial charge in [-0.3, -0.25) is 4.68 Å². The minimum atomic E-state index is -0.876. The van der Waals surface area contributed by atoms with Crippen LogP contribution < -0.4 is 5.32 Å². The van der Waals surface area contributed by atoms with Crippen LogP contribution in [0.2, 0.25) is 0 Å². The van der Waals surface area contributed by atoms with E-state index < -0.39 is 5.97 Å². The maximum atomic E-state index is 11.2. The molecule has 2 N–H and O–H groups in total. The molecule has 0 bridgehead atoms. The van der Waals surface area contributed by atoms with E-state index in [1.54, 1.807) is 4.68 Å². The van der Waals surface area contributed by atoms with E-state index in [-0.39, 0.29) is 6.04 Å². The number of hydrogen-bond acceptors (Lipinski definition) is 3. The molecule has 0 saturated carbocycles. The molecule has 82 valence electrons. The molecule has 0 spiro atoms. The summed E-state index contributed by atoms with van der Waals surface area (Å²) in [4.78, 5) is 11.2. The molecule has 0 radical (unpaired) electrons. The van der Waals surface area contributed by atoms with Gasteiger partial charge < -0.3 is 10.4 Å². The largest absolute Gasteiger partial charge is 0.477 e. The second kappa shape index (κ2) is 3.66. The molecule has 2 rings (SSSR count). The number of aromatic nitrogens is 2. The van der Waals surface area contributed by atoms with E-state index in [1.165, 1.54) is 0 Å². The monoisotopic (exact) mass is 209 g/mol. The highest BCUT2D eigenvalue weighted by Gasteiger charge is 2.25. The van der Waals surface area contributed by atoms with Crippen molar-refractivity contribution in [2.45, 2.75) is 32.9 Å². The lowest BCUT2D eigenvalue weighted by Gasteiger charge is -2.11. The summed E-state index contributed by atoms with van der Waals surface area (Å²) >= 11 is 0. The Bertz CT molecular complexity index is 396. The Morgan fingerprint density at radius 3 is 2.93 bits per heavy atom. The minimum Gasteiger partial charge on any atom is -0.477 e. The molecule has 0 aliphatic carbocycles. The first-order chi connectivity index (χ1) is 7.11. The van der Waals surface area contributed by atoms with Gasteiger partial charge in [-0.05, 0) is 26.8 Å². The van der Waals surface area contributed by atoms with Crippen LogP contribution in [-0.2, 0) is 13.0 Å². The van der Waals surface area contributed by atoms with Crippen molar-refractivity contribution >= 4 is 5.97 Å². The molecular formula is C10H15N3O2. The third kappa shape index (κ3) is 1.63. The zero-order valence-corrected chi connectivity index (χ0v) is 8.95. The summed E-state index contributed by atoms with van der Waals surface area (Å²) in [7, 11) is 0. The van der Waals surface area contributed by atoms with Gasteiger partial charge in [-0.1, -0.05) is 0 Å². The van der Waals surface area contributed by atoms with Crippen LogP contribution >= 0.6 is 0 Å². The lowest BCUT2D eigenvalue weighted by molar-refractivity contribution is 0.0680. The maximum absolute atomic E-state index is 11.2. The second-order valence-corrected chi connectivity index (χ2v) is 4.04. The highest BCUT2D eigenvalue weighted by atomic mass is 16.4. The van der Waals surface area contributed by atoms with Crippen molar-refractivity contribution in [3.8, 4) is 0 Å². The van der Waals surface area contributed by atoms with E-state index in [0.717, 1.165) is 24.2 Å². The predicted octanol–water partition coefficient (Wildman–Crippen LogP) is 0.808. The first-order valence-corrected chi connectivity index (χ1v) is 5.15. The molecule has 0 fully saturated rings. The third-order valence-electron chi connectivity index (χ3n) is 2.63. The van der Waals surface area contributed by atoms with Crippen LogP contribution in [0.3, 0.4) is 0 Å². The molecule has 1 aliphatic heterocycles. The van der Waals surface area contributed by atoms with Crippen molar-refractivity contribution in [3.05, 3.63) is 17.0 Å². The quantitative estimate of drug-likeness (QED) is 0.756. The molecule has 1 aromatic heterocycles. The second-order valence-electron chi connectivity index (χ2n) is 4.04. The van der Waals surface area contributed by atoms with E-state index in [1.807, 2.05) is 13.8 Å². The summed E-state index contributed by atoms with van der Waals surface area (Å²) in [5.41, 5.74) is 2.14. The van der Waals surface area contributed by atoms with E-state index in [9.17, 15) is 9.90 Å². The van der Waals surface area contributed by atoms with Crippen molar-refractivity contribution in [1.29, 1.82) is 0 Å². The molecule has 0 amide bonds. The standard InChI is InChI=1S/C10H15N3O2/c1-6(2)13-9(10(14)15)7-3-4-11-5-8(7)12-13/h6,11H,3-5H2,1-2H3,(H,14,15). The number of nitrogens with one attached hydrogen (secondary N) is 1. The Hall–Kier alpha value is -1.36. The number of aromatic carboxylic acids is 1. The van der Waals surface area contributed by atoms with Crippen molar-refractivity contribution < 1.29 is 9.90 Å². The topological polar surface area (TPSA) is 67.2 Å². The fraction of sp³-hybridized carbons (Fsp3) is 0.600. The van der Waals surface area contributed by atoms with Gasteiger partial charge in [-0.25, -0.2) is 4.79 Å². The van der Waals surface area contributed by atoms with Crippen LogP contribution in [0.15, 0.2) is 0 Å². The van der Waals surface area contributed by atoms with Crippen LogP contribution in [-0.4, -0.2) is 27.4 Å². The Morgan fingerprint density at radius 2 is 2.33 bits per heavy atom. The fourth-order valence-corrected chi connectivity index (χ4v) is 1.94. The Morgan fingerprint density at radius 1 is 1.60 bits per heavy atom. The molecule has 0 unspecified atom stereocenters. The van der Waals surface area contributed by atoms with Crippen LogP contribution in [0.25, 0.3) is 0 Å². The van der Waals surface area contributed by atoms with Gasteiger partial charge in [0.05, 0.1) is 5.69 Å². The van der Waals surface area contributed by atoms with E-state index in [2.05, 4.69) is 10.4 Å². The number of hydrogen-bond donors (Lipinski definition) is 2. The van der Waals surface area contributed by atoms with E-state index in [4.69, 9.17) is 0 Å². The van der Waals surface area contributed by atoms with Gasteiger partial charge in [-0.15, -0.1) is 0 Å². The van der Waals surface area contributed by atoms with Crippen LogP contribution in [0.4, 0.5) is 0 Å². The molecule has 0 saturated heterocycles. The summed E-state index contributed by atoms with van der Waals surface area (Å²) in [5.74, 6) is -0.876. The number of carbonyl (C=O) groups is 1. The van der Waals surface area contributed by atoms with Crippen LogP contribution in [0.5, 0.6) is 0 Å². The van der Waals surface area contributed by atoms with Gasteiger partial charge >= 0.3 is 5.97 Å². The molecule has 1 aliphatic rings. The first-order valence-electron chi connectivity index (χ1n) is 5.15. The molecule has 15 heavy (non-hydrogen) atoms. The number of rotatable bonds is 2. The molecule has 1 aromatic rings. The molecule has 2 heterocycles. The number of carboxylic acid groups (broad SMARTS) is 1. The van der Waals surface area contributed by atoms with Crippen LogP contribution in [0, 0.1) is 0 Å². The van der Waals surface area contributed by atoms with E-state index >= 15 is 0 Å². The number of fused-ring (bicyclic) bond motifs is 1. The highest BCUT2D eigenvalue weighted by Crippen LogP contribution is 2.21. The normalized spacial score (nSPS) is 15.4. The zero-order chi connectivity index (χ0) is 11.0. The van der Waals surface area contributed by atoms with Crippen molar-refractivity contribution in [2.24, 2.45) is 0 Å². The van der Waals surface area contributed by atoms with Gasteiger partial charge in [-0.2, -0.15) is 5.10 Å². The first kappa shape index (κ1) is 10.2. The SMILES string of the molecule is CC(C)n1nc2c(c1C(=O)O)CCNC2. The average Bonchev–Trinajstić information content (AvgIpc) is 2.56. The Labute approximate surface area is 88.1 Å². The summed E-state index contributed by atoms with van der Waals surface area (Å²) in [6.07, 6.45) is 0.754. The Kier molecular flexibility index (Phi) is 2.48. The summed E-state index contributed by atoms with van der Waals surface area (Å²) in [5, 5.41) is 16.7. The van der Waals surface area contributed by atoms with Gasteiger partial charge in [0.2, 0.25) is 0 Å². The lowest BCUT2D eigenvalue weighted by atomic mass is 10.1. The zero-order valence-electron chi connectivity index (χ0n) is 8.95. The maximum Gasteiger partial charge on any atom is 0.354 e. The summed E-state index contributed by atoms with van der Waals surface area (Å²) in [6.45, 7) is 5.39. The Balaban J connectivity index is 2.56. The summed E-state index contributed by atoms with van der Waals surface area (Å²) in [6, 6.07) is 0.0849. The molecular weight excluding hydrogens is 194 g/mol. The number of nitrogens with zero attached hydrogens (tertiary/aromatic N) is 2. The average molecular weight is 209 g/mol. The third-order valence-corrected chi connectivity index (χ3v) is 2.63. The van der Waals surface area contributed by atoms with Gasteiger partial charge in [0, 0.05) is 18.2 Å². The minimum absolute atomic E-state index is 0.0849.